The van der Waals surface area contributed by atoms with Crippen LogP contribution in [0.2, 0.25) is 10.0 Å². The van der Waals surface area contributed by atoms with Crippen LogP contribution in [0.3, 0.4) is 0 Å². The highest BCUT2D eigenvalue weighted by atomic mass is 35.5. The van der Waals surface area contributed by atoms with Gasteiger partial charge in [0.25, 0.3) is 0 Å². The van der Waals surface area contributed by atoms with E-state index in [1.807, 2.05) is 19.1 Å². The van der Waals surface area contributed by atoms with Crippen molar-refractivity contribution in [2.75, 3.05) is 6.61 Å². The molecule has 2 nitrogen and oxygen atoms in total. The normalized spacial score (nSPS) is 10.4. The van der Waals surface area contributed by atoms with Gasteiger partial charge in [-0.15, -0.1) is 0 Å². The van der Waals surface area contributed by atoms with Gasteiger partial charge in [-0.1, -0.05) is 48.3 Å². The van der Waals surface area contributed by atoms with Gasteiger partial charge in [0.2, 0.25) is 0 Å². The zero-order valence-corrected chi connectivity index (χ0v) is 13.2. The quantitative estimate of drug-likeness (QED) is 0.682. The Morgan fingerprint density at radius 1 is 1.05 bits per heavy atom. The predicted molar refractivity (Wildman–Crippen MR) is 86.7 cm³/mol. The van der Waals surface area contributed by atoms with E-state index in [1.54, 1.807) is 30.3 Å². The van der Waals surface area contributed by atoms with Gasteiger partial charge < -0.3 is 4.74 Å². The molecule has 0 N–H and O–H groups in total. The maximum absolute atomic E-state index is 12.5. The molecule has 0 radical (unpaired) electrons. The van der Waals surface area contributed by atoms with E-state index in [0.717, 1.165) is 6.42 Å². The molecule has 0 amide bonds. The minimum Gasteiger partial charge on any atom is -0.493 e. The van der Waals surface area contributed by atoms with E-state index >= 15 is 0 Å². The molecule has 2 aromatic rings. The van der Waals surface area contributed by atoms with Crippen LogP contribution in [0.1, 0.15) is 29.3 Å². The lowest BCUT2D eigenvalue weighted by Gasteiger charge is -2.11. The van der Waals surface area contributed by atoms with Gasteiger partial charge in [0.05, 0.1) is 12.2 Å². The van der Waals surface area contributed by atoms with Gasteiger partial charge in [-0.05, 0) is 36.2 Å². The summed E-state index contributed by atoms with van der Waals surface area (Å²) in [7, 11) is 0. The molecule has 0 saturated heterocycles. The molecule has 0 bridgehead atoms. The van der Waals surface area contributed by atoms with E-state index in [1.165, 1.54) is 0 Å². The number of benzene rings is 2. The van der Waals surface area contributed by atoms with Crippen molar-refractivity contribution < 1.29 is 9.53 Å². The summed E-state index contributed by atoms with van der Waals surface area (Å²) in [5.74, 6) is 0.546. The Morgan fingerprint density at radius 2 is 1.71 bits per heavy atom. The predicted octanol–water partition coefficient (Wildman–Crippen LogP) is 5.21. The zero-order chi connectivity index (χ0) is 15.2. The molecule has 0 aromatic heterocycles. The topological polar surface area (TPSA) is 26.3 Å². The van der Waals surface area contributed by atoms with Gasteiger partial charge in [-0.3, -0.25) is 4.79 Å². The van der Waals surface area contributed by atoms with Crippen LogP contribution < -0.4 is 4.74 Å². The summed E-state index contributed by atoms with van der Waals surface area (Å²) in [5, 5.41) is 1.01. The highest BCUT2D eigenvalue weighted by Gasteiger charge is 2.16. The van der Waals surface area contributed by atoms with Gasteiger partial charge in [0.1, 0.15) is 5.75 Å². The van der Waals surface area contributed by atoms with Crippen LogP contribution >= 0.6 is 23.2 Å². The van der Waals surface area contributed by atoms with Crippen molar-refractivity contribution in [1.82, 2.24) is 0 Å². The Morgan fingerprint density at radius 3 is 2.38 bits per heavy atom. The van der Waals surface area contributed by atoms with Crippen LogP contribution in [-0.2, 0) is 6.42 Å². The Bertz CT molecular complexity index is 618. The summed E-state index contributed by atoms with van der Waals surface area (Å²) in [6.07, 6.45) is 1.05. The molecule has 0 unspecified atom stereocenters. The van der Waals surface area contributed by atoms with E-state index < -0.39 is 0 Å². The molecular formula is C17H16Cl2O2. The van der Waals surface area contributed by atoms with Gasteiger partial charge in [-0.2, -0.15) is 0 Å². The first kappa shape index (κ1) is 15.9. The largest absolute Gasteiger partial charge is 0.493 e. The van der Waals surface area contributed by atoms with Crippen molar-refractivity contribution >= 4 is 29.0 Å². The molecule has 110 valence electrons. The molecule has 0 aliphatic rings. The van der Waals surface area contributed by atoms with Gasteiger partial charge >= 0.3 is 0 Å². The smallest absolute Gasteiger partial charge is 0.171 e. The van der Waals surface area contributed by atoms with Crippen molar-refractivity contribution in [3.05, 3.63) is 63.6 Å². The fourth-order valence-electron chi connectivity index (χ4n) is 1.99. The lowest BCUT2D eigenvalue weighted by atomic mass is 10.0. The molecule has 0 fully saturated rings. The highest BCUT2D eigenvalue weighted by molar-refractivity contribution is 6.36. The molecule has 0 aliphatic carbocycles. The number of ether oxygens (including phenoxy) is 1. The number of ketones is 1. The molecule has 0 spiro atoms. The number of hydrogen-bond donors (Lipinski definition) is 0. The lowest BCUT2D eigenvalue weighted by Crippen LogP contribution is -2.08. The molecule has 2 rings (SSSR count). The van der Waals surface area contributed by atoms with E-state index in [2.05, 4.69) is 0 Å². The first-order valence-electron chi connectivity index (χ1n) is 6.81. The van der Waals surface area contributed by atoms with Crippen molar-refractivity contribution in [2.45, 2.75) is 19.8 Å². The van der Waals surface area contributed by atoms with E-state index in [4.69, 9.17) is 27.9 Å². The SMILES string of the molecule is CCCOc1ccccc1C(=O)Cc1c(Cl)cccc1Cl. The van der Waals surface area contributed by atoms with Gasteiger partial charge in [0.15, 0.2) is 5.78 Å². The molecule has 0 atom stereocenters. The van der Waals surface area contributed by atoms with Crippen LogP contribution in [0.5, 0.6) is 5.75 Å². The minimum absolute atomic E-state index is 0.0586. The van der Waals surface area contributed by atoms with Crippen molar-refractivity contribution in [3.8, 4) is 5.75 Å². The maximum atomic E-state index is 12.5. The maximum Gasteiger partial charge on any atom is 0.171 e. The third-order valence-electron chi connectivity index (χ3n) is 3.05. The third kappa shape index (κ3) is 3.99. The third-order valence-corrected chi connectivity index (χ3v) is 3.76. The monoisotopic (exact) mass is 322 g/mol. The number of carbonyl (C=O) groups excluding carboxylic acids is 1. The average molecular weight is 323 g/mol. The van der Waals surface area contributed by atoms with Crippen LogP contribution in [0.25, 0.3) is 0 Å². The first-order chi connectivity index (χ1) is 10.1. The van der Waals surface area contributed by atoms with E-state index in [0.29, 0.717) is 33.5 Å². The molecule has 0 aliphatic heterocycles. The molecule has 0 saturated carbocycles. The second-order valence-corrected chi connectivity index (χ2v) is 5.46. The van der Waals surface area contributed by atoms with Crippen LogP contribution in [-0.4, -0.2) is 12.4 Å². The first-order valence-corrected chi connectivity index (χ1v) is 7.57. The molecule has 2 aromatic carbocycles. The molecule has 4 heteroatoms. The van der Waals surface area contributed by atoms with Gasteiger partial charge in [-0.25, -0.2) is 0 Å². The van der Waals surface area contributed by atoms with Crippen LogP contribution in [0.4, 0.5) is 0 Å². The minimum atomic E-state index is -0.0586. The number of rotatable bonds is 6. The summed E-state index contributed by atoms with van der Waals surface area (Å²) in [5.41, 5.74) is 1.21. The zero-order valence-electron chi connectivity index (χ0n) is 11.7. The summed E-state index contributed by atoms with van der Waals surface area (Å²) in [4.78, 5) is 12.5. The summed E-state index contributed by atoms with van der Waals surface area (Å²) >= 11 is 12.2. The average Bonchev–Trinajstić information content (AvgIpc) is 2.49. The Balaban J connectivity index is 2.25. The summed E-state index contributed by atoms with van der Waals surface area (Å²) in [6.45, 7) is 2.60. The number of halogens is 2. The Kier molecular flexibility index (Phi) is 5.66. The van der Waals surface area contributed by atoms with Crippen molar-refractivity contribution in [2.24, 2.45) is 0 Å². The number of carbonyl (C=O) groups is 1. The molecule has 21 heavy (non-hydrogen) atoms. The van der Waals surface area contributed by atoms with Crippen molar-refractivity contribution in [1.29, 1.82) is 0 Å². The Hall–Kier alpha value is -1.51. The number of Topliss-reactive ketones (excluding diaryl/α,β-unsaturated/α-hetero) is 1. The summed E-state index contributed by atoms with van der Waals surface area (Å²) in [6, 6.07) is 12.5. The Labute approximate surface area is 134 Å². The number of para-hydroxylation sites is 1. The van der Waals surface area contributed by atoms with Crippen LogP contribution in [0, 0.1) is 0 Å². The van der Waals surface area contributed by atoms with Crippen LogP contribution in [0.15, 0.2) is 42.5 Å². The van der Waals surface area contributed by atoms with E-state index in [-0.39, 0.29) is 12.2 Å². The lowest BCUT2D eigenvalue weighted by molar-refractivity contribution is 0.0989. The number of hydrogen-bond acceptors (Lipinski definition) is 2. The summed E-state index contributed by atoms with van der Waals surface area (Å²) < 4.78 is 5.62. The fraction of sp³-hybridized carbons (Fsp3) is 0.235. The van der Waals surface area contributed by atoms with Gasteiger partial charge in [0, 0.05) is 16.5 Å². The molecular weight excluding hydrogens is 307 g/mol. The van der Waals surface area contributed by atoms with Crippen molar-refractivity contribution in [3.63, 3.8) is 0 Å². The fourth-order valence-corrected chi connectivity index (χ4v) is 2.52. The standard InChI is InChI=1S/C17H16Cl2O2/c1-2-10-21-17-9-4-3-6-12(17)16(20)11-13-14(18)7-5-8-15(13)19/h3-9H,2,10-11H2,1H3. The second kappa shape index (κ2) is 7.48. The van der Waals surface area contributed by atoms with E-state index in [9.17, 15) is 4.79 Å². The highest BCUT2D eigenvalue weighted by Crippen LogP contribution is 2.27. The molecule has 0 heterocycles. The second-order valence-electron chi connectivity index (χ2n) is 4.64.